The molecule has 2 unspecified atom stereocenters. The van der Waals surface area contributed by atoms with Gasteiger partial charge in [0.2, 0.25) is 5.89 Å². The number of nitrogens with zero attached hydrogens (tertiary/aromatic N) is 3. The van der Waals surface area contributed by atoms with Crippen LogP contribution in [-0.4, -0.2) is 52.1 Å². The Morgan fingerprint density at radius 3 is 2.82 bits per heavy atom. The molecule has 7 heteroatoms. The maximum absolute atomic E-state index is 9.23. The number of morpholine rings is 1. The van der Waals surface area contributed by atoms with Crippen LogP contribution in [0.1, 0.15) is 24.3 Å². The summed E-state index contributed by atoms with van der Waals surface area (Å²) in [5, 5.41) is 17.5. The van der Waals surface area contributed by atoms with Crippen LogP contribution in [0.2, 0.25) is 0 Å². The second-order valence-corrected chi connectivity index (χ2v) is 5.74. The smallest absolute Gasteiger partial charge is 0.251 e. The van der Waals surface area contributed by atoms with E-state index in [-0.39, 0.29) is 18.8 Å². The predicted molar refractivity (Wildman–Crippen MR) is 78.2 cm³/mol. The number of aliphatic hydroxyl groups excluding tert-OH is 1. The van der Waals surface area contributed by atoms with Crippen LogP contribution in [0.3, 0.4) is 0 Å². The third kappa shape index (κ3) is 3.06. The Balaban J connectivity index is 1.72. The van der Waals surface area contributed by atoms with E-state index in [4.69, 9.17) is 13.6 Å². The highest BCUT2D eigenvalue weighted by Crippen LogP contribution is 2.26. The lowest BCUT2D eigenvalue weighted by Crippen LogP contribution is -2.48. The average Bonchev–Trinajstić information content (AvgIpc) is 3.07. The van der Waals surface area contributed by atoms with Crippen LogP contribution in [0.5, 0.6) is 0 Å². The molecule has 0 bridgehead atoms. The number of hydrogen-bond donors (Lipinski definition) is 1. The van der Waals surface area contributed by atoms with Gasteiger partial charge in [-0.15, -0.1) is 10.2 Å². The van der Waals surface area contributed by atoms with Gasteiger partial charge in [-0.2, -0.15) is 0 Å². The molecule has 120 valence electrons. The van der Waals surface area contributed by atoms with E-state index in [1.54, 1.807) is 0 Å². The Bertz CT molecular complexity index is 637. The van der Waals surface area contributed by atoms with Crippen LogP contribution in [0.25, 0.3) is 11.5 Å². The first-order valence-corrected chi connectivity index (χ1v) is 7.43. The molecule has 22 heavy (non-hydrogen) atoms. The highest BCUT2D eigenvalue weighted by atomic mass is 16.5. The molecule has 1 aliphatic rings. The van der Waals surface area contributed by atoms with Gasteiger partial charge in [0.25, 0.3) is 5.89 Å². The molecule has 3 rings (SSSR count). The Kier molecular flexibility index (Phi) is 4.28. The van der Waals surface area contributed by atoms with E-state index >= 15 is 0 Å². The number of rotatable bonds is 4. The SMILES string of the molecule is Cc1cc(-c2nnc(CN3CC(CO)OCC3C)o2)c(C)o1. The van der Waals surface area contributed by atoms with Crippen molar-refractivity contribution in [3.05, 3.63) is 23.5 Å². The van der Waals surface area contributed by atoms with Gasteiger partial charge >= 0.3 is 0 Å². The first kappa shape index (κ1) is 15.2. The summed E-state index contributed by atoms with van der Waals surface area (Å²) in [5.41, 5.74) is 0.833. The van der Waals surface area contributed by atoms with Crippen LogP contribution < -0.4 is 0 Å². The number of furan rings is 1. The molecule has 0 spiro atoms. The van der Waals surface area contributed by atoms with E-state index in [0.717, 1.165) is 17.1 Å². The first-order chi connectivity index (χ1) is 10.6. The molecule has 2 aromatic rings. The molecule has 1 N–H and O–H groups in total. The van der Waals surface area contributed by atoms with Gasteiger partial charge in [0.05, 0.1) is 31.4 Å². The third-order valence-electron chi connectivity index (χ3n) is 3.91. The maximum Gasteiger partial charge on any atom is 0.251 e. The predicted octanol–water partition coefficient (Wildman–Crippen LogP) is 1.53. The van der Waals surface area contributed by atoms with E-state index in [1.165, 1.54) is 0 Å². The molecule has 0 aromatic carbocycles. The van der Waals surface area contributed by atoms with E-state index in [9.17, 15) is 5.11 Å². The Hall–Kier alpha value is -1.70. The molecule has 0 saturated carbocycles. The molecule has 2 atom stereocenters. The second kappa shape index (κ2) is 6.20. The van der Waals surface area contributed by atoms with Crippen molar-refractivity contribution in [1.29, 1.82) is 0 Å². The second-order valence-electron chi connectivity index (χ2n) is 5.74. The first-order valence-electron chi connectivity index (χ1n) is 7.43. The van der Waals surface area contributed by atoms with Crippen LogP contribution in [0, 0.1) is 13.8 Å². The van der Waals surface area contributed by atoms with Crippen LogP contribution in [-0.2, 0) is 11.3 Å². The van der Waals surface area contributed by atoms with Gasteiger partial charge in [0.1, 0.15) is 11.5 Å². The molecular formula is C15H21N3O4. The van der Waals surface area contributed by atoms with E-state index in [2.05, 4.69) is 22.0 Å². The van der Waals surface area contributed by atoms with E-state index in [1.807, 2.05) is 19.9 Å². The highest BCUT2D eigenvalue weighted by Gasteiger charge is 2.27. The summed E-state index contributed by atoms with van der Waals surface area (Å²) in [4.78, 5) is 2.18. The van der Waals surface area contributed by atoms with Gasteiger partial charge in [-0.05, 0) is 26.8 Å². The quantitative estimate of drug-likeness (QED) is 0.916. The third-order valence-corrected chi connectivity index (χ3v) is 3.91. The Morgan fingerprint density at radius 1 is 1.32 bits per heavy atom. The van der Waals surface area contributed by atoms with Crippen molar-refractivity contribution in [1.82, 2.24) is 15.1 Å². The highest BCUT2D eigenvalue weighted by molar-refractivity contribution is 5.55. The fraction of sp³-hybridized carbons (Fsp3) is 0.600. The van der Waals surface area contributed by atoms with Crippen molar-refractivity contribution >= 4 is 0 Å². The largest absolute Gasteiger partial charge is 0.466 e. The van der Waals surface area contributed by atoms with Gasteiger partial charge in [-0.3, -0.25) is 4.90 Å². The number of aliphatic hydroxyl groups is 1. The monoisotopic (exact) mass is 307 g/mol. The van der Waals surface area contributed by atoms with Crippen molar-refractivity contribution in [3.8, 4) is 11.5 Å². The zero-order valence-electron chi connectivity index (χ0n) is 13.1. The molecule has 1 fully saturated rings. The fourth-order valence-electron chi connectivity index (χ4n) is 2.65. The molecule has 0 amide bonds. The Morgan fingerprint density at radius 2 is 2.14 bits per heavy atom. The van der Waals surface area contributed by atoms with Crippen molar-refractivity contribution in [2.24, 2.45) is 0 Å². The number of ether oxygens (including phenoxy) is 1. The van der Waals surface area contributed by atoms with Crippen molar-refractivity contribution < 1.29 is 18.7 Å². The lowest BCUT2D eigenvalue weighted by molar-refractivity contribution is -0.0823. The summed E-state index contributed by atoms with van der Waals surface area (Å²) in [6.07, 6.45) is -0.155. The lowest BCUT2D eigenvalue weighted by Gasteiger charge is -2.36. The number of hydrogen-bond acceptors (Lipinski definition) is 7. The minimum atomic E-state index is -0.155. The Labute approximate surface area is 128 Å². The normalized spacial score (nSPS) is 23.1. The summed E-state index contributed by atoms with van der Waals surface area (Å²) in [7, 11) is 0. The summed E-state index contributed by atoms with van der Waals surface area (Å²) < 4.78 is 16.8. The lowest BCUT2D eigenvalue weighted by atomic mass is 10.2. The zero-order valence-corrected chi connectivity index (χ0v) is 13.1. The molecule has 0 radical (unpaired) electrons. The molecule has 1 aliphatic heterocycles. The fourth-order valence-corrected chi connectivity index (χ4v) is 2.65. The molecule has 0 aliphatic carbocycles. The summed E-state index contributed by atoms with van der Waals surface area (Å²) in [5.74, 6) is 2.62. The summed E-state index contributed by atoms with van der Waals surface area (Å²) in [6.45, 7) is 7.65. The van der Waals surface area contributed by atoms with Crippen LogP contribution >= 0.6 is 0 Å². The summed E-state index contributed by atoms with van der Waals surface area (Å²) >= 11 is 0. The number of aromatic nitrogens is 2. The van der Waals surface area contributed by atoms with Crippen molar-refractivity contribution in [2.45, 2.75) is 39.5 Å². The molecule has 3 heterocycles. The number of aryl methyl sites for hydroxylation is 2. The van der Waals surface area contributed by atoms with Crippen molar-refractivity contribution in [3.63, 3.8) is 0 Å². The molecule has 7 nitrogen and oxygen atoms in total. The van der Waals surface area contributed by atoms with Crippen molar-refractivity contribution in [2.75, 3.05) is 19.8 Å². The average molecular weight is 307 g/mol. The van der Waals surface area contributed by atoms with Gasteiger partial charge in [-0.25, -0.2) is 0 Å². The minimum absolute atomic E-state index is 0.0196. The molecule has 1 saturated heterocycles. The topological polar surface area (TPSA) is 84.8 Å². The standard InChI is InChI=1S/C15H21N3O4/c1-9-8-20-12(7-19)5-18(9)6-14-16-17-15(22-14)13-4-10(2)21-11(13)3/h4,9,12,19H,5-8H2,1-3H3. The zero-order chi connectivity index (χ0) is 15.7. The van der Waals surface area contributed by atoms with Gasteiger partial charge in [-0.1, -0.05) is 0 Å². The molecular weight excluding hydrogens is 286 g/mol. The van der Waals surface area contributed by atoms with Crippen LogP contribution in [0.4, 0.5) is 0 Å². The summed E-state index contributed by atoms with van der Waals surface area (Å²) in [6, 6.07) is 2.14. The van der Waals surface area contributed by atoms with E-state index in [0.29, 0.717) is 31.5 Å². The van der Waals surface area contributed by atoms with Gasteiger partial charge < -0.3 is 18.7 Å². The molecule has 2 aromatic heterocycles. The van der Waals surface area contributed by atoms with Gasteiger partial charge in [0.15, 0.2) is 0 Å². The van der Waals surface area contributed by atoms with Gasteiger partial charge in [0, 0.05) is 12.6 Å². The minimum Gasteiger partial charge on any atom is -0.466 e. The maximum atomic E-state index is 9.23. The van der Waals surface area contributed by atoms with Crippen LogP contribution in [0.15, 0.2) is 14.9 Å². The van der Waals surface area contributed by atoms with E-state index < -0.39 is 0 Å².